The first kappa shape index (κ1) is 25.4. The third-order valence-electron chi connectivity index (χ3n) is 6.82. The zero-order valence-corrected chi connectivity index (χ0v) is 21.6. The number of methoxy groups -OCH3 is 2. The van der Waals surface area contributed by atoms with Crippen molar-refractivity contribution >= 4 is 22.9 Å². The van der Waals surface area contributed by atoms with Gasteiger partial charge in [-0.25, -0.2) is 9.37 Å². The first-order valence-electron chi connectivity index (χ1n) is 12.6. The molecular formula is C31H30FN3O3. The van der Waals surface area contributed by atoms with Gasteiger partial charge in [0, 0.05) is 49.7 Å². The molecule has 0 radical (unpaired) electrons. The summed E-state index contributed by atoms with van der Waals surface area (Å²) in [4.78, 5) is 22.7. The maximum absolute atomic E-state index is 14.2. The molecule has 0 atom stereocenters. The molecule has 0 unspecified atom stereocenters. The Bertz CT molecular complexity index is 1460. The Morgan fingerprint density at radius 1 is 0.947 bits per heavy atom. The van der Waals surface area contributed by atoms with Crippen molar-refractivity contribution in [2.24, 2.45) is 0 Å². The molecule has 1 saturated heterocycles. The van der Waals surface area contributed by atoms with Crippen LogP contribution in [0.5, 0.6) is 11.5 Å². The smallest absolute Gasteiger partial charge is 0.254 e. The van der Waals surface area contributed by atoms with Crippen molar-refractivity contribution in [2.45, 2.75) is 0 Å². The number of aromatic nitrogens is 1. The quantitative estimate of drug-likeness (QED) is 0.327. The van der Waals surface area contributed by atoms with Crippen LogP contribution >= 0.6 is 0 Å². The van der Waals surface area contributed by atoms with Crippen LogP contribution in [-0.4, -0.2) is 67.6 Å². The average molecular weight is 512 g/mol. The Balaban J connectivity index is 1.38. The Morgan fingerprint density at radius 2 is 1.74 bits per heavy atom. The largest absolute Gasteiger partial charge is 0.497 e. The zero-order valence-electron chi connectivity index (χ0n) is 21.6. The molecule has 194 valence electrons. The summed E-state index contributed by atoms with van der Waals surface area (Å²) in [6, 6.07) is 21.7. The summed E-state index contributed by atoms with van der Waals surface area (Å²) in [6.45, 7) is 3.54. The second-order valence-corrected chi connectivity index (χ2v) is 9.19. The number of piperazine rings is 1. The molecule has 2 heterocycles. The lowest BCUT2D eigenvalue weighted by molar-refractivity contribution is 0.0652. The maximum atomic E-state index is 14.2. The second-order valence-electron chi connectivity index (χ2n) is 9.19. The van der Waals surface area contributed by atoms with E-state index in [1.54, 1.807) is 32.4 Å². The summed E-state index contributed by atoms with van der Waals surface area (Å²) < 4.78 is 25.1. The Labute approximate surface area is 221 Å². The number of hydrogen-bond acceptors (Lipinski definition) is 5. The van der Waals surface area contributed by atoms with Crippen molar-refractivity contribution < 1.29 is 18.7 Å². The van der Waals surface area contributed by atoms with Crippen molar-refractivity contribution in [1.29, 1.82) is 0 Å². The molecule has 0 saturated carbocycles. The van der Waals surface area contributed by atoms with Crippen LogP contribution < -0.4 is 9.47 Å². The van der Waals surface area contributed by atoms with E-state index in [2.05, 4.69) is 29.2 Å². The fourth-order valence-corrected chi connectivity index (χ4v) is 4.73. The van der Waals surface area contributed by atoms with Crippen molar-refractivity contribution in [2.75, 3.05) is 46.9 Å². The minimum atomic E-state index is -0.404. The SMILES string of the molecule is COc1ccc(-c2cc(C(=O)N3CCN(CC=Cc4ccccc4)CC3)c3cc(F)ccc3n2)c(OC)c1. The number of halogens is 1. The lowest BCUT2D eigenvalue weighted by Gasteiger charge is -2.34. The van der Waals surface area contributed by atoms with E-state index in [1.807, 2.05) is 35.2 Å². The van der Waals surface area contributed by atoms with E-state index in [-0.39, 0.29) is 5.91 Å². The number of hydrogen-bond donors (Lipinski definition) is 0. The van der Waals surface area contributed by atoms with Crippen molar-refractivity contribution in [3.8, 4) is 22.8 Å². The van der Waals surface area contributed by atoms with Crippen LogP contribution in [0.4, 0.5) is 4.39 Å². The number of nitrogens with zero attached hydrogens (tertiary/aromatic N) is 3. The molecule has 4 aromatic rings. The maximum Gasteiger partial charge on any atom is 0.254 e. The normalized spacial score (nSPS) is 14.2. The van der Waals surface area contributed by atoms with Gasteiger partial charge in [-0.15, -0.1) is 0 Å². The molecular weight excluding hydrogens is 481 g/mol. The van der Waals surface area contributed by atoms with Crippen molar-refractivity contribution in [1.82, 2.24) is 14.8 Å². The van der Waals surface area contributed by atoms with Gasteiger partial charge in [-0.2, -0.15) is 0 Å². The molecule has 0 aliphatic carbocycles. The highest BCUT2D eigenvalue weighted by molar-refractivity contribution is 6.07. The molecule has 1 amide bonds. The van der Waals surface area contributed by atoms with Gasteiger partial charge in [-0.05, 0) is 42.0 Å². The molecule has 5 rings (SSSR count). The Hall–Kier alpha value is -4.23. The lowest BCUT2D eigenvalue weighted by Crippen LogP contribution is -2.48. The summed E-state index contributed by atoms with van der Waals surface area (Å²) in [5.74, 6) is 0.699. The van der Waals surface area contributed by atoms with Crippen LogP contribution in [0.1, 0.15) is 15.9 Å². The standard InChI is InChI=1S/C31H30FN3O3/c1-37-24-11-12-25(30(20-24)38-2)29-21-27(26-19-23(32)10-13-28(26)33-29)31(36)35-17-15-34(16-18-35)14-6-9-22-7-4-3-5-8-22/h3-13,19-21H,14-18H2,1-2H3. The predicted molar refractivity (Wildman–Crippen MR) is 148 cm³/mol. The third kappa shape index (κ3) is 5.53. The van der Waals surface area contributed by atoms with E-state index in [0.29, 0.717) is 46.7 Å². The molecule has 1 fully saturated rings. The first-order valence-corrected chi connectivity index (χ1v) is 12.6. The van der Waals surface area contributed by atoms with Gasteiger partial charge in [0.25, 0.3) is 5.91 Å². The van der Waals surface area contributed by atoms with Crippen LogP contribution in [0.2, 0.25) is 0 Å². The van der Waals surface area contributed by atoms with Gasteiger partial charge in [-0.1, -0.05) is 42.5 Å². The molecule has 1 aromatic heterocycles. The monoisotopic (exact) mass is 511 g/mol. The highest BCUT2D eigenvalue weighted by Crippen LogP contribution is 2.34. The Kier molecular flexibility index (Phi) is 7.65. The summed E-state index contributed by atoms with van der Waals surface area (Å²) in [5, 5.41) is 0.499. The molecule has 0 N–H and O–H groups in total. The van der Waals surface area contributed by atoms with Crippen molar-refractivity contribution in [3.63, 3.8) is 0 Å². The van der Waals surface area contributed by atoms with E-state index in [0.717, 1.165) is 25.2 Å². The van der Waals surface area contributed by atoms with Gasteiger partial charge >= 0.3 is 0 Å². The number of pyridine rings is 1. The van der Waals surface area contributed by atoms with Gasteiger partial charge in [-0.3, -0.25) is 9.69 Å². The average Bonchev–Trinajstić information content (AvgIpc) is 2.97. The minimum Gasteiger partial charge on any atom is -0.497 e. The summed E-state index contributed by atoms with van der Waals surface area (Å²) >= 11 is 0. The Morgan fingerprint density at radius 3 is 2.47 bits per heavy atom. The number of carbonyl (C=O) groups excluding carboxylic acids is 1. The molecule has 7 heteroatoms. The minimum absolute atomic E-state index is 0.129. The lowest BCUT2D eigenvalue weighted by atomic mass is 10.0. The third-order valence-corrected chi connectivity index (χ3v) is 6.82. The van der Waals surface area contributed by atoms with Gasteiger partial charge in [0.15, 0.2) is 0 Å². The van der Waals surface area contributed by atoms with Crippen LogP contribution in [0.25, 0.3) is 28.2 Å². The van der Waals surface area contributed by atoms with Gasteiger partial charge in [0.1, 0.15) is 17.3 Å². The molecule has 38 heavy (non-hydrogen) atoms. The summed E-state index contributed by atoms with van der Waals surface area (Å²) in [6.07, 6.45) is 4.27. The van der Waals surface area contributed by atoms with Crippen LogP contribution in [0.3, 0.4) is 0 Å². The molecule has 0 bridgehead atoms. The molecule has 1 aliphatic heterocycles. The highest BCUT2D eigenvalue weighted by atomic mass is 19.1. The topological polar surface area (TPSA) is 54.9 Å². The van der Waals surface area contributed by atoms with Gasteiger partial charge in [0.2, 0.25) is 0 Å². The second kappa shape index (κ2) is 11.4. The number of benzene rings is 3. The van der Waals surface area contributed by atoms with Crippen LogP contribution in [0.15, 0.2) is 78.9 Å². The van der Waals surface area contributed by atoms with E-state index in [9.17, 15) is 9.18 Å². The fraction of sp³-hybridized carbons (Fsp3) is 0.226. The van der Waals surface area contributed by atoms with Crippen LogP contribution in [0, 0.1) is 5.82 Å². The van der Waals surface area contributed by atoms with Crippen molar-refractivity contribution in [3.05, 3.63) is 95.8 Å². The summed E-state index contributed by atoms with van der Waals surface area (Å²) in [7, 11) is 3.17. The number of carbonyl (C=O) groups is 1. The van der Waals surface area contributed by atoms with E-state index < -0.39 is 5.82 Å². The van der Waals surface area contributed by atoms with Gasteiger partial charge < -0.3 is 14.4 Å². The summed E-state index contributed by atoms with van der Waals surface area (Å²) in [5.41, 5.74) is 3.46. The number of fused-ring (bicyclic) bond motifs is 1. The predicted octanol–water partition coefficient (Wildman–Crippen LogP) is 5.53. The van der Waals surface area contributed by atoms with Gasteiger partial charge in [0.05, 0.1) is 31.0 Å². The number of ether oxygens (including phenoxy) is 2. The molecule has 6 nitrogen and oxygen atoms in total. The van der Waals surface area contributed by atoms with Crippen LogP contribution in [-0.2, 0) is 0 Å². The zero-order chi connectivity index (χ0) is 26.5. The molecule has 3 aromatic carbocycles. The molecule has 0 spiro atoms. The number of amides is 1. The first-order chi connectivity index (χ1) is 18.6. The molecule has 1 aliphatic rings. The highest BCUT2D eigenvalue weighted by Gasteiger charge is 2.25. The van der Waals surface area contributed by atoms with E-state index in [4.69, 9.17) is 14.5 Å². The van der Waals surface area contributed by atoms with E-state index in [1.165, 1.54) is 17.7 Å². The number of rotatable bonds is 7. The fourth-order valence-electron chi connectivity index (χ4n) is 4.73. The van der Waals surface area contributed by atoms with E-state index >= 15 is 0 Å².